The molecule has 0 bridgehead atoms. The molecule has 1 aliphatic heterocycles. The molecule has 3 nitrogen and oxygen atoms in total. The largest absolute Gasteiger partial charge is 0.381 e. The highest BCUT2D eigenvalue weighted by Crippen LogP contribution is 2.15. The normalized spacial score (nSPS) is 21.9. The van der Waals surface area contributed by atoms with E-state index in [-0.39, 0.29) is 0 Å². The fourth-order valence-electron chi connectivity index (χ4n) is 2.09. The topological polar surface area (TPSA) is 30.5 Å². The number of likely N-dealkylation sites (N-methyl/N-ethyl adjacent to an activating group) is 1. The Bertz CT molecular complexity index is 169. The lowest BCUT2D eigenvalue weighted by Gasteiger charge is -2.25. The maximum atomic E-state index is 5.83. The molecule has 16 heavy (non-hydrogen) atoms. The third-order valence-corrected chi connectivity index (χ3v) is 3.69. The Morgan fingerprint density at radius 2 is 2.06 bits per heavy atom. The Hall–Kier alpha value is -0.120. The zero-order valence-electron chi connectivity index (χ0n) is 11.0. The van der Waals surface area contributed by atoms with Gasteiger partial charge in [-0.05, 0) is 31.7 Å². The molecule has 1 saturated heterocycles. The highest BCUT2D eigenvalue weighted by Gasteiger charge is 2.17. The molecule has 1 rings (SSSR count). The molecular weight excluding hydrogens is 202 g/mol. The zero-order chi connectivity index (χ0) is 11.8. The van der Waals surface area contributed by atoms with Gasteiger partial charge >= 0.3 is 0 Å². The van der Waals surface area contributed by atoms with Crippen LogP contribution in [0.3, 0.4) is 0 Å². The minimum atomic E-state index is 0.491. The smallest absolute Gasteiger partial charge is 0.0622 e. The zero-order valence-corrected chi connectivity index (χ0v) is 11.0. The molecule has 0 aromatic rings. The number of rotatable bonds is 7. The van der Waals surface area contributed by atoms with Crippen molar-refractivity contribution in [3.05, 3.63) is 0 Å². The Morgan fingerprint density at radius 1 is 1.38 bits per heavy atom. The number of nitrogens with one attached hydrogen (secondary N) is 1. The molecule has 1 fully saturated rings. The van der Waals surface area contributed by atoms with Gasteiger partial charge in [0.15, 0.2) is 0 Å². The van der Waals surface area contributed by atoms with Crippen LogP contribution in [0, 0.1) is 11.8 Å². The predicted molar refractivity (Wildman–Crippen MR) is 66.7 cm³/mol. The second kappa shape index (κ2) is 8.04. The monoisotopic (exact) mass is 229 g/mol. The summed E-state index contributed by atoms with van der Waals surface area (Å²) in [5.41, 5.74) is 0. The second-order valence-electron chi connectivity index (χ2n) is 4.87. The van der Waals surface area contributed by atoms with E-state index in [0.29, 0.717) is 17.9 Å². The summed E-state index contributed by atoms with van der Waals surface area (Å²) in [6, 6.07) is 0.491. The van der Waals surface area contributed by atoms with Crippen LogP contribution >= 0.6 is 0 Å². The minimum absolute atomic E-state index is 0.491. The average molecular weight is 229 g/mol. The van der Waals surface area contributed by atoms with Crippen LogP contribution < -0.4 is 5.32 Å². The van der Waals surface area contributed by atoms with Crippen LogP contribution in [0.5, 0.6) is 0 Å². The molecule has 1 aliphatic rings. The van der Waals surface area contributed by atoms with E-state index in [1.54, 1.807) is 0 Å². The molecule has 2 unspecified atom stereocenters. The van der Waals surface area contributed by atoms with Gasteiger partial charge < -0.3 is 14.8 Å². The SMILES string of the molecule is CCC(C)C(COCC1CCOCC1)NC. The quantitative estimate of drug-likeness (QED) is 0.725. The summed E-state index contributed by atoms with van der Waals surface area (Å²) in [7, 11) is 2.02. The molecule has 1 heterocycles. The first kappa shape index (κ1) is 13.9. The summed E-state index contributed by atoms with van der Waals surface area (Å²) in [6.45, 7) is 8.07. The standard InChI is InChI=1S/C13H27NO2/c1-4-11(2)13(14-3)10-16-9-12-5-7-15-8-6-12/h11-14H,4-10H2,1-3H3. The maximum Gasteiger partial charge on any atom is 0.0622 e. The van der Waals surface area contributed by atoms with Crippen LogP contribution in [0.25, 0.3) is 0 Å². The minimum Gasteiger partial charge on any atom is -0.381 e. The molecular formula is C13H27NO2. The average Bonchev–Trinajstić information content (AvgIpc) is 2.35. The van der Waals surface area contributed by atoms with Gasteiger partial charge in [-0.15, -0.1) is 0 Å². The summed E-state index contributed by atoms with van der Waals surface area (Å²) in [6.07, 6.45) is 3.52. The van der Waals surface area contributed by atoms with E-state index >= 15 is 0 Å². The first-order chi connectivity index (χ1) is 7.77. The molecule has 2 atom stereocenters. The van der Waals surface area contributed by atoms with Gasteiger partial charge in [-0.1, -0.05) is 20.3 Å². The molecule has 0 aromatic carbocycles. The first-order valence-electron chi connectivity index (χ1n) is 6.60. The van der Waals surface area contributed by atoms with Crippen molar-refractivity contribution in [3.8, 4) is 0 Å². The Balaban J connectivity index is 2.12. The Kier molecular flexibility index (Phi) is 7.01. The van der Waals surface area contributed by atoms with E-state index in [2.05, 4.69) is 19.2 Å². The van der Waals surface area contributed by atoms with Crippen LogP contribution in [0.2, 0.25) is 0 Å². The highest BCUT2D eigenvalue weighted by atomic mass is 16.5. The molecule has 0 radical (unpaired) electrons. The highest BCUT2D eigenvalue weighted by molar-refractivity contribution is 4.70. The van der Waals surface area contributed by atoms with Gasteiger partial charge in [0, 0.05) is 25.9 Å². The van der Waals surface area contributed by atoms with Crippen molar-refractivity contribution in [3.63, 3.8) is 0 Å². The van der Waals surface area contributed by atoms with Crippen molar-refractivity contribution in [1.82, 2.24) is 5.32 Å². The van der Waals surface area contributed by atoms with E-state index in [0.717, 1.165) is 39.3 Å². The van der Waals surface area contributed by atoms with Crippen molar-refractivity contribution < 1.29 is 9.47 Å². The third kappa shape index (κ3) is 4.81. The Morgan fingerprint density at radius 3 is 2.62 bits per heavy atom. The number of hydrogen-bond donors (Lipinski definition) is 1. The summed E-state index contributed by atoms with van der Waals surface area (Å²) in [5.74, 6) is 1.39. The summed E-state index contributed by atoms with van der Waals surface area (Å²) >= 11 is 0. The van der Waals surface area contributed by atoms with Crippen LogP contribution in [0.1, 0.15) is 33.1 Å². The van der Waals surface area contributed by atoms with Gasteiger partial charge in [0.25, 0.3) is 0 Å². The molecule has 96 valence electrons. The molecule has 0 amide bonds. The predicted octanol–water partition coefficient (Wildman–Crippen LogP) is 2.06. The van der Waals surface area contributed by atoms with Crippen molar-refractivity contribution in [2.24, 2.45) is 11.8 Å². The summed E-state index contributed by atoms with van der Waals surface area (Å²) < 4.78 is 11.2. The number of hydrogen-bond acceptors (Lipinski definition) is 3. The van der Waals surface area contributed by atoms with Crippen LogP contribution in [0.4, 0.5) is 0 Å². The fourth-order valence-corrected chi connectivity index (χ4v) is 2.09. The van der Waals surface area contributed by atoms with Crippen LogP contribution in [-0.2, 0) is 9.47 Å². The van der Waals surface area contributed by atoms with Gasteiger partial charge in [-0.2, -0.15) is 0 Å². The number of ether oxygens (including phenoxy) is 2. The van der Waals surface area contributed by atoms with Gasteiger partial charge in [0.05, 0.1) is 6.61 Å². The van der Waals surface area contributed by atoms with Crippen LogP contribution in [-0.4, -0.2) is 39.5 Å². The molecule has 0 aromatic heterocycles. The molecule has 0 aliphatic carbocycles. The van der Waals surface area contributed by atoms with E-state index in [4.69, 9.17) is 9.47 Å². The van der Waals surface area contributed by atoms with Crippen molar-refractivity contribution >= 4 is 0 Å². The van der Waals surface area contributed by atoms with Crippen LogP contribution in [0.15, 0.2) is 0 Å². The van der Waals surface area contributed by atoms with Gasteiger partial charge in [-0.3, -0.25) is 0 Å². The molecule has 0 saturated carbocycles. The van der Waals surface area contributed by atoms with E-state index in [9.17, 15) is 0 Å². The van der Waals surface area contributed by atoms with Gasteiger partial charge in [0.2, 0.25) is 0 Å². The first-order valence-corrected chi connectivity index (χ1v) is 6.60. The lowest BCUT2D eigenvalue weighted by Crippen LogP contribution is -2.37. The Labute approximate surface area is 99.9 Å². The van der Waals surface area contributed by atoms with E-state index < -0.39 is 0 Å². The second-order valence-corrected chi connectivity index (χ2v) is 4.87. The molecule has 1 N–H and O–H groups in total. The maximum absolute atomic E-state index is 5.83. The lowest BCUT2D eigenvalue weighted by atomic mass is 9.99. The third-order valence-electron chi connectivity index (χ3n) is 3.69. The summed E-state index contributed by atoms with van der Waals surface area (Å²) in [5, 5.41) is 3.34. The molecule has 3 heteroatoms. The van der Waals surface area contributed by atoms with Gasteiger partial charge in [0.1, 0.15) is 0 Å². The fraction of sp³-hybridized carbons (Fsp3) is 1.00. The lowest BCUT2D eigenvalue weighted by molar-refractivity contribution is 0.0120. The van der Waals surface area contributed by atoms with Crippen molar-refractivity contribution in [1.29, 1.82) is 0 Å². The van der Waals surface area contributed by atoms with E-state index in [1.165, 1.54) is 6.42 Å². The van der Waals surface area contributed by atoms with E-state index in [1.807, 2.05) is 7.05 Å². The summed E-state index contributed by atoms with van der Waals surface area (Å²) in [4.78, 5) is 0. The molecule has 0 spiro atoms. The van der Waals surface area contributed by atoms with Crippen molar-refractivity contribution in [2.75, 3.05) is 33.5 Å². The van der Waals surface area contributed by atoms with Crippen molar-refractivity contribution in [2.45, 2.75) is 39.2 Å². The van der Waals surface area contributed by atoms with Gasteiger partial charge in [-0.25, -0.2) is 0 Å².